The Morgan fingerprint density at radius 2 is 1.88 bits per heavy atom. The van der Waals surface area contributed by atoms with E-state index in [9.17, 15) is 0 Å². The third-order valence-corrected chi connectivity index (χ3v) is 2.94. The van der Waals surface area contributed by atoms with Gasteiger partial charge < -0.3 is 11.1 Å². The van der Waals surface area contributed by atoms with Crippen LogP contribution in [0.15, 0.2) is 18.2 Å². The van der Waals surface area contributed by atoms with E-state index in [-0.39, 0.29) is 6.04 Å². The first kappa shape index (κ1) is 13.2. The summed E-state index contributed by atoms with van der Waals surface area (Å²) in [5.74, 6) is 0.653. The van der Waals surface area contributed by atoms with Gasteiger partial charge in [-0.15, -0.1) is 0 Å². The maximum absolute atomic E-state index is 5.82. The smallest absolute Gasteiger partial charge is 0.0444 e. The molecule has 0 amide bonds. The van der Waals surface area contributed by atoms with Crippen molar-refractivity contribution in [1.82, 2.24) is 5.32 Å². The van der Waals surface area contributed by atoms with Gasteiger partial charge in [0.2, 0.25) is 0 Å². The lowest BCUT2D eigenvalue weighted by Gasteiger charge is -2.19. The number of benzene rings is 1. The maximum atomic E-state index is 5.82. The number of aryl methyl sites for hydroxylation is 2. The average molecular weight is 220 g/mol. The van der Waals surface area contributed by atoms with Crippen molar-refractivity contribution < 1.29 is 0 Å². The second-order valence-corrected chi connectivity index (χ2v) is 4.93. The van der Waals surface area contributed by atoms with E-state index in [2.05, 4.69) is 51.2 Å². The van der Waals surface area contributed by atoms with E-state index in [4.69, 9.17) is 5.73 Å². The van der Waals surface area contributed by atoms with Gasteiger partial charge in [-0.1, -0.05) is 32.0 Å². The molecule has 0 aliphatic carbocycles. The average Bonchev–Trinajstić information content (AvgIpc) is 2.23. The molecule has 2 nitrogen and oxygen atoms in total. The molecular formula is C14H24N2. The number of hydrogen-bond acceptors (Lipinski definition) is 2. The molecule has 0 radical (unpaired) electrons. The first-order valence-corrected chi connectivity index (χ1v) is 6.05. The SMILES string of the molecule is Cc1ccc(C(CN)NCC(C)C)cc1C. The molecule has 0 bridgehead atoms. The molecule has 1 rings (SSSR count). The zero-order valence-corrected chi connectivity index (χ0v) is 10.9. The summed E-state index contributed by atoms with van der Waals surface area (Å²) in [4.78, 5) is 0. The zero-order chi connectivity index (χ0) is 12.1. The molecule has 0 aliphatic heterocycles. The summed E-state index contributed by atoms with van der Waals surface area (Å²) in [5.41, 5.74) is 9.79. The molecule has 90 valence electrons. The Kier molecular flexibility index (Phi) is 4.97. The van der Waals surface area contributed by atoms with Gasteiger partial charge in [-0.3, -0.25) is 0 Å². The monoisotopic (exact) mass is 220 g/mol. The van der Waals surface area contributed by atoms with Crippen LogP contribution in [0.3, 0.4) is 0 Å². The lowest BCUT2D eigenvalue weighted by Crippen LogP contribution is -2.31. The van der Waals surface area contributed by atoms with Crippen LogP contribution < -0.4 is 11.1 Å². The maximum Gasteiger partial charge on any atom is 0.0444 e. The summed E-state index contributed by atoms with van der Waals surface area (Å²) in [6.07, 6.45) is 0. The molecule has 1 aromatic carbocycles. The standard InChI is InChI=1S/C14H24N2/c1-10(2)9-16-14(8-15)13-6-5-11(3)12(4)7-13/h5-7,10,14,16H,8-9,15H2,1-4H3. The van der Waals surface area contributed by atoms with Crippen LogP contribution in [0.25, 0.3) is 0 Å². The van der Waals surface area contributed by atoms with Crippen molar-refractivity contribution in [1.29, 1.82) is 0 Å². The van der Waals surface area contributed by atoms with Crippen molar-refractivity contribution in [2.45, 2.75) is 33.7 Å². The van der Waals surface area contributed by atoms with Crippen LogP contribution in [0.2, 0.25) is 0 Å². The second-order valence-electron chi connectivity index (χ2n) is 4.93. The largest absolute Gasteiger partial charge is 0.329 e. The molecule has 0 aromatic heterocycles. The minimum atomic E-state index is 0.279. The Balaban J connectivity index is 2.74. The van der Waals surface area contributed by atoms with Gasteiger partial charge in [-0.2, -0.15) is 0 Å². The molecule has 0 aliphatic rings. The van der Waals surface area contributed by atoms with Crippen LogP contribution in [0.1, 0.15) is 36.6 Å². The van der Waals surface area contributed by atoms with E-state index in [1.807, 2.05) is 0 Å². The van der Waals surface area contributed by atoms with Gasteiger partial charge in [0.05, 0.1) is 0 Å². The summed E-state index contributed by atoms with van der Waals surface area (Å²) in [7, 11) is 0. The van der Waals surface area contributed by atoms with Crippen LogP contribution in [0.4, 0.5) is 0 Å². The molecule has 3 N–H and O–H groups in total. The van der Waals surface area contributed by atoms with Crippen molar-refractivity contribution in [2.24, 2.45) is 11.7 Å². The van der Waals surface area contributed by atoms with E-state index in [1.54, 1.807) is 0 Å². The van der Waals surface area contributed by atoms with Gasteiger partial charge in [0.1, 0.15) is 0 Å². The van der Waals surface area contributed by atoms with Crippen LogP contribution in [0, 0.1) is 19.8 Å². The predicted molar refractivity (Wildman–Crippen MR) is 70.6 cm³/mol. The lowest BCUT2D eigenvalue weighted by atomic mass is 10.0. The quantitative estimate of drug-likeness (QED) is 0.800. The molecular weight excluding hydrogens is 196 g/mol. The van der Waals surface area contributed by atoms with E-state index >= 15 is 0 Å². The Morgan fingerprint density at radius 3 is 2.38 bits per heavy atom. The molecule has 0 spiro atoms. The summed E-state index contributed by atoms with van der Waals surface area (Å²) in [6, 6.07) is 6.86. The first-order chi connectivity index (χ1) is 7.54. The van der Waals surface area contributed by atoms with Gasteiger partial charge in [-0.05, 0) is 43.0 Å². The first-order valence-electron chi connectivity index (χ1n) is 6.05. The number of hydrogen-bond donors (Lipinski definition) is 2. The van der Waals surface area contributed by atoms with E-state index in [1.165, 1.54) is 16.7 Å². The molecule has 0 saturated heterocycles. The summed E-state index contributed by atoms with van der Waals surface area (Å²) in [6.45, 7) is 10.4. The van der Waals surface area contributed by atoms with Crippen molar-refractivity contribution in [2.75, 3.05) is 13.1 Å². The van der Waals surface area contributed by atoms with Crippen molar-refractivity contribution in [3.05, 3.63) is 34.9 Å². The predicted octanol–water partition coefficient (Wildman–Crippen LogP) is 2.55. The third-order valence-electron chi connectivity index (χ3n) is 2.94. The number of nitrogens with two attached hydrogens (primary N) is 1. The Bertz CT molecular complexity index is 332. The fourth-order valence-corrected chi connectivity index (χ4v) is 1.70. The molecule has 0 saturated carbocycles. The normalized spacial score (nSPS) is 13.1. The Hall–Kier alpha value is -0.860. The topological polar surface area (TPSA) is 38.0 Å². The fourth-order valence-electron chi connectivity index (χ4n) is 1.70. The number of nitrogens with one attached hydrogen (secondary N) is 1. The Labute approximate surface area is 99.2 Å². The van der Waals surface area contributed by atoms with Crippen molar-refractivity contribution >= 4 is 0 Å². The van der Waals surface area contributed by atoms with E-state index < -0.39 is 0 Å². The lowest BCUT2D eigenvalue weighted by molar-refractivity contribution is 0.479. The highest BCUT2D eigenvalue weighted by Gasteiger charge is 2.09. The van der Waals surface area contributed by atoms with E-state index in [0.29, 0.717) is 12.5 Å². The second kappa shape index (κ2) is 6.02. The van der Waals surface area contributed by atoms with Gasteiger partial charge in [0.25, 0.3) is 0 Å². The number of rotatable bonds is 5. The van der Waals surface area contributed by atoms with Crippen LogP contribution in [0.5, 0.6) is 0 Å². The molecule has 1 aromatic rings. The highest BCUT2D eigenvalue weighted by atomic mass is 14.9. The zero-order valence-electron chi connectivity index (χ0n) is 10.9. The molecule has 0 heterocycles. The minimum Gasteiger partial charge on any atom is -0.329 e. The minimum absolute atomic E-state index is 0.279. The van der Waals surface area contributed by atoms with Gasteiger partial charge in [0, 0.05) is 12.6 Å². The highest BCUT2D eigenvalue weighted by molar-refractivity contribution is 5.31. The summed E-state index contributed by atoms with van der Waals surface area (Å²) < 4.78 is 0. The fraction of sp³-hybridized carbons (Fsp3) is 0.571. The Morgan fingerprint density at radius 1 is 1.19 bits per heavy atom. The highest BCUT2D eigenvalue weighted by Crippen LogP contribution is 2.16. The van der Waals surface area contributed by atoms with Gasteiger partial charge >= 0.3 is 0 Å². The molecule has 1 atom stereocenters. The third kappa shape index (κ3) is 3.62. The van der Waals surface area contributed by atoms with Crippen molar-refractivity contribution in [3.8, 4) is 0 Å². The van der Waals surface area contributed by atoms with Crippen molar-refractivity contribution in [3.63, 3.8) is 0 Å². The molecule has 16 heavy (non-hydrogen) atoms. The summed E-state index contributed by atoms with van der Waals surface area (Å²) >= 11 is 0. The molecule has 1 unspecified atom stereocenters. The van der Waals surface area contributed by atoms with Crippen LogP contribution in [-0.4, -0.2) is 13.1 Å². The van der Waals surface area contributed by atoms with Gasteiger partial charge in [0.15, 0.2) is 0 Å². The van der Waals surface area contributed by atoms with Crippen LogP contribution >= 0.6 is 0 Å². The molecule has 2 heteroatoms. The summed E-state index contributed by atoms with van der Waals surface area (Å²) in [5, 5.41) is 3.51. The molecule has 0 fully saturated rings. The van der Waals surface area contributed by atoms with Crippen LogP contribution in [-0.2, 0) is 0 Å². The van der Waals surface area contributed by atoms with Gasteiger partial charge in [-0.25, -0.2) is 0 Å². The van der Waals surface area contributed by atoms with E-state index in [0.717, 1.165) is 6.54 Å².